The van der Waals surface area contributed by atoms with Gasteiger partial charge in [0.05, 0.1) is 4.90 Å². The largest absolute Gasteiger partial charge is 0.339 e. The topological polar surface area (TPSA) is 66.5 Å². The van der Waals surface area contributed by atoms with Crippen molar-refractivity contribution in [2.75, 3.05) is 19.6 Å². The number of likely N-dealkylation sites (tertiary alicyclic amines) is 1. The van der Waals surface area contributed by atoms with Gasteiger partial charge in [-0.05, 0) is 48.6 Å². The lowest BCUT2D eigenvalue weighted by molar-refractivity contribution is 0.0713. The lowest BCUT2D eigenvalue weighted by atomic mass is 9.89. The van der Waals surface area contributed by atoms with Gasteiger partial charge < -0.3 is 4.90 Å². The number of benzene rings is 2. The highest BCUT2D eigenvalue weighted by Gasteiger charge is 2.24. The Kier molecular flexibility index (Phi) is 6.08. The van der Waals surface area contributed by atoms with Crippen LogP contribution in [0, 0.1) is 0 Å². The van der Waals surface area contributed by atoms with Crippen molar-refractivity contribution in [2.24, 2.45) is 0 Å². The van der Waals surface area contributed by atoms with Gasteiger partial charge in [-0.1, -0.05) is 36.4 Å². The Bertz CT molecular complexity index is 885. The number of hydrogen-bond donors (Lipinski definition) is 1. The van der Waals surface area contributed by atoms with Crippen molar-refractivity contribution in [1.82, 2.24) is 9.62 Å². The average Bonchev–Trinajstić information content (AvgIpc) is 2.72. The van der Waals surface area contributed by atoms with E-state index in [1.807, 2.05) is 23.1 Å². The number of piperidine rings is 1. The fourth-order valence-corrected chi connectivity index (χ4v) is 4.35. The quantitative estimate of drug-likeness (QED) is 0.778. The summed E-state index contributed by atoms with van der Waals surface area (Å²) in [6, 6.07) is 16.5. The Morgan fingerprint density at radius 1 is 1.07 bits per heavy atom. The molecule has 5 nitrogen and oxygen atoms in total. The van der Waals surface area contributed by atoms with Crippen LogP contribution in [-0.2, 0) is 10.0 Å². The summed E-state index contributed by atoms with van der Waals surface area (Å²) in [5.74, 6) is 0.434. The van der Waals surface area contributed by atoms with Gasteiger partial charge in [0.25, 0.3) is 5.91 Å². The second kappa shape index (κ2) is 8.50. The Hall–Kier alpha value is -2.44. The third-order valence-electron chi connectivity index (χ3n) is 4.88. The molecule has 0 radical (unpaired) electrons. The van der Waals surface area contributed by atoms with Gasteiger partial charge in [-0.15, -0.1) is 6.58 Å². The van der Waals surface area contributed by atoms with Crippen LogP contribution in [0.5, 0.6) is 0 Å². The predicted octanol–water partition coefficient (Wildman–Crippen LogP) is 3.17. The van der Waals surface area contributed by atoms with E-state index in [9.17, 15) is 13.2 Å². The van der Waals surface area contributed by atoms with E-state index in [-0.39, 0.29) is 17.3 Å². The highest BCUT2D eigenvalue weighted by atomic mass is 32.2. The number of hydrogen-bond acceptors (Lipinski definition) is 3. The van der Waals surface area contributed by atoms with E-state index in [4.69, 9.17) is 0 Å². The van der Waals surface area contributed by atoms with Crippen molar-refractivity contribution in [2.45, 2.75) is 23.7 Å². The van der Waals surface area contributed by atoms with Gasteiger partial charge in [0, 0.05) is 25.2 Å². The van der Waals surface area contributed by atoms with Crippen molar-refractivity contribution < 1.29 is 13.2 Å². The van der Waals surface area contributed by atoms with E-state index in [0.717, 1.165) is 12.8 Å². The molecule has 1 heterocycles. The third kappa shape index (κ3) is 4.64. The highest BCUT2D eigenvalue weighted by Crippen LogP contribution is 2.28. The molecular formula is C21H24N2O3S. The number of sulfonamides is 1. The van der Waals surface area contributed by atoms with Gasteiger partial charge >= 0.3 is 0 Å². The van der Waals surface area contributed by atoms with Crippen LogP contribution in [0.2, 0.25) is 0 Å². The lowest BCUT2D eigenvalue weighted by Crippen LogP contribution is -2.37. The van der Waals surface area contributed by atoms with Gasteiger partial charge in [0.1, 0.15) is 0 Å². The van der Waals surface area contributed by atoms with Crippen LogP contribution >= 0.6 is 0 Å². The zero-order valence-corrected chi connectivity index (χ0v) is 16.0. The molecule has 6 heteroatoms. The maximum atomic E-state index is 12.7. The van der Waals surface area contributed by atoms with Gasteiger partial charge in [-0.2, -0.15) is 0 Å². The smallest absolute Gasteiger partial charge is 0.253 e. The molecule has 0 aliphatic carbocycles. The van der Waals surface area contributed by atoms with Crippen molar-refractivity contribution in [3.05, 3.63) is 78.4 Å². The fourth-order valence-electron chi connectivity index (χ4n) is 3.35. The number of nitrogens with one attached hydrogen (secondary N) is 1. The second-order valence-corrected chi connectivity index (χ2v) is 8.41. The summed E-state index contributed by atoms with van der Waals surface area (Å²) in [7, 11) is -3.57. The fraction of sp³-hybridized carbons (Fsp3) is 0.286. The average molecular weight is 385 g/mol. The monoisotopic (exact) mass is 384 g/mol. The van der Waals surface area contributed by atoms with E-state index in [1.165, 1.54) is 23.8 Å². The zero-order valence-electron chi connectivity index (χ0n) is 15.2. The van der Waals surface area contributed by atoms with Crippen LogP contribution in [0.4, 0.5) is 0 Å². The number of nitrogens with zero attached hydrogens (tertiary/aromatic N) is 1. The van der Waals surface area contributed by atoms with Crippen LogP contribution in [0.1, 0.15) is 34.7 Å². The molecule has 0 bridgehead atoms. The molecule has 0 aromatic heterocycles. The first kappa shape index (κ1) is 19.3. The standard InChI is InChI=1S/C21H24N2O3S/c1-2-14-22-27(25,26)20-10-8-19(9-11-20)21(24)23-15-12-18(13-16-23)17-6-4-3-5-7-17/h2-11,18,22H,1,12-16H2. The molecular weight excluding hydrogens is 360 g/mol. The Labute approximate surface area is 160 Å². The van der Waals surface area contributed by atoms with E-state index in [0.29, 0.717) is 24.6 Å². The number of amides is 1. The highest BCUT2D eigenvalue weighted by molar-refractivity contribution is 7.89. The molecule has 1 amide bonds. The molecule has 1 N–H and O–H groups in total. The molecule has 2 aromatic rings. The van der Waals surface area contributed by atoms with Gasteiger partial charge in [-0.25, -0.2) is 13.1 Å². The maximum Gasteiger partial charge on any atom is 0.253 e. The van der Waals surface area contributed by atoms with Gasteiger partial charge in [-0.3, -0.25) is 4.79 Å². The number of carbonyl (C=O) groups is 1. The molecule has 0 spiro atoms. The van der Waals surface area contributed by atoms with Crippen molar-refractivity contribution in [3.8, 4) is 0 Å². The Balaban J connectivity index is 1.62. The van der Waals surface area contributed by atoms with Crippen molar-refractivity contribution in [3.63, 3.8) is 0 Å². The summed E-state index contributed by atoms with van der Waals surface area (Å²) in [5.41, 5.74) is 1.84. The molecule has 0 atom stereocenters. The Morgan fingerprint density at radius 3 is 2.30 bits per heavy atom. The third-order valence-corrected chi connectivity index (χ3v) is 6.32. The summed E-state index contributed by atoms with van der Waals surface area (Å²) < 4.78 is 26.6. The minimum Gasteiger partial charge on any atom is -0.339 e. The molecule has 3 rings (SSSR count). The van der Waals surface area contributed by atoms with E-state index >= 15 is 0 Å². The molecule has 142 valence electrons. The van der Waals surface area contributed by atoms with E-state index < -0.39 is 10.0 Å². The van der Waals surface area contributed by atoms with Crippen molar-refractivity contribution >= 4 is 15.9 Å². The minimum absolute atomic E-state index is 0.0514. The van der Waals surface area contributed by atoms with Crippen LogP contribution < -0.4 is 4.72 Å². The summed E-state index contributed by atoms with van der Waals surface area (Å²) in [6.07, 6.45) is 3.36. The molecule has 2 aromatic carbocycles. The van der Waals surface area contributed by atoms with Gasteiger partial charge in [0.15, 0.2) is 0 Å². The van der Waals surface area contributed by atoms with Crippen molar-refractivity contribution in [1.29, 1.82) is 0 Å². The number of rotatable bonds is 6. The summed E-state index contributed by atoms with van der Waals surface area (Å²) in [4.78, 5) is 14.7. The predicted molar refractivity (Wildman–Crippen MR) is 106 cm³/mol. The summed E-state index contributed by atoms with van der Waals surface area (Å²) in [5, 5.41) is 0. The first-order valence-corrected chi connectivity index (χ1v) is 10.5. The lowest BCUT2D eigenvalue weighted by Gasteiger charge is -2.32. The summed E-state index contributed by atoms with van der Waals surface area (Å²) >= 11 is 0. The van der Waals surface area contributed by atoms with Crippen LogP contribution in [0.15, 0.2) is 72.1 Å². The van der Waals surface area contributed by atoms with E-state index in [2.05, 4.69) is 23.4 Å². The molecule has 1 aliphatic rings. The maximum absolute atomic E-state index is 12.7. The zero-order chi connectivity index (χ0) is 19.3. The normalized spacial score (nSPS) is 15.5. The SMILES string of the molecule is C=CCNS(=O)(=O)c1ccc(C(=O)N2CCC(c3ccccc3)CC2)cc1. The molecule has 1 aliphatic heterocycles. The van der Waals surface area contributed by atoms with Crippen LogP contribution in [-0.4, -0.2) is 38.9 Å². The van der Waals surface area contributed by atoms with Gasteiger partial charge in [0.2, 0.25) is 10.0 Å². The second-order valence-electron chi connectivity index (χ2n) is 6.64. The van der Waals surface area contributed by atoms with Crippen LogP contribution in [0.25, 0.3) is 0 Å². The first-order valence-electron chi connectivity index (χ1n) is 9.06. The molecule has 1 fully saturated rings. The first-order chi connectivity index (χ1) is 13.0. The molecule has 0 saturated carbocycles. The molecule has 0 unspecified atom stereocenters. The molecule has 27 heavy (non-hydrogen) atoms. The summed E-state index contributed by atoms with van der Waals surface area (Å²) in [6.45, 7) is 5.08. The number of carbonyl (C=O) groups excluding carboxylic acids is 1. The molecule has 1 saturated heterocycles. The van der Waals surface area contributed by atoms with Crippen LogP contribution in [0.3, 0.4) is 0 Å². The van der Waals surface area contributed by atoms with E-state index in [1.54, 1.807) is 12.1 Å². The Morgan fingerprint density at radius 2 is 1.70 bits per heavy atom. The minimum atomic E-state index is -3.57.